The van der Waals surface area contributed by atoms with E-state index in [0.29, 0.717) is 17.2 Å². The second kappa shape index (κ2) is 10.0. The maximum atomic E-state index is 12.4. The first-order valence-corrected chi connectivity index (χ1v) is 10.5. The van der Waals surface area contributed by atoms with E-state index in [9.17, 15) is 9.59 Å². The largest absolute Gasteiger partial charge is 0.493 e. The van der Waals surface area contributed by atoms with Crippen LogP contribution in [0, 0.1) is 0 Å². The van der Waals surface area contributed by atoms with Crippen molar-refractivity contribution in [2.75, 3.05) is 13.2 Å². The fourth-order valence-corrected chi connectivity index (χ4v) is 3.96. The van der Waals surface area contributed by atoms with Gasteiger partial charge >= 0.3 is 5.97 Å². The third kappa shape index (κ3) is 5.54. The van der Waals surface area contributed by atoms with Gasteiger partial charge in [-0.15, -0.1) is 0 Å². The smallest absolute Gasteiger partial charge is 0.326 e. The zero-order valence-corrected chi connectivity index (χ0v) is 17.4. The molecule has 0 atom stereocenters. The number of carbonyl (C=O) groups excluding carboxylic acids is 2. The van der Waals surface area contributed by atoms with Gasteiger partial charge < -0.3 is 14.0 Å². The number of hydrogen-bond donors (Lipinski definition) is 0. The van der Waals surface area contributed by atoms with Gasteiger partial charge in [0.2, 0.25) is 0 Å². The van der Waals surface area contributed by atoms with Crippen molar-refractivity contribution in [1.29, 1.82) is 0 Å². The molecule has 0 bridgehead atoms. The van der Waals surface area contributed by atoms with Crippen LogP contribution in [0.4, 0.5) is 0 Å². The summed E-state index contributed by atoms with van der Waals surface area (Å²) in [6.07, 6.45) is 1.07. The standard InChI is InChI=1S/C22H24N2O4S/c1-3-16-10-11-18-19(14-16)29-22(24(18)15-21(26)27-4-2)23-20(25)12-13-28-17-8-6-5-7-9-17/h5-11,14H,3-4,12-13,15H2,1-2H3. The Hall–Kier alpha value is -2.93. The zero-order valence-electron chi connectivity index (χ0n) is 16.6. The highest BCUT2D eigenvalue weighted by atomic mass is 32.1. The van der Waals surface area contributed by atoms with Crippen molar-refractivity contribution in [3.8, 4) is 5.75 Å². The normalized spacial score (nSPS) is 11.6. The Kier molecular flexibility index (Phi) is 7.19. The number of para-hydroxylation sites is 1. The molecule has 3 rings (SSSR count). The summed E-state index contributed by atoms with van der Waals surface area (Å²) in [5, 5.41) is 0. The molecule has 0 N–H and O–H groups in total. The molecule has 1 aromatic heterocycles. The van der Waals surface area contributed by atoms with Gasteiger partial charge in [0, 0.05) is 0 Å². The van der Waals surface area contributed by atoms with Crippen molar-refractivity contribution in [2.24, 2.45) is 4.99 Å². The van der Waals surface area contributed by atoms with Crippen LogP contribution in [0.2, 0.25) is 0 Å². The van der Waals surface area contributed by atoms with Crippen LogP contribution in [0.15, 0.2) is 53.5 Å². The molecule has 1 amide bonds. The first kappa shape index (κ1) is 20.8. The molecule has 0 saturated heterocycles. The molecule has 0 spiro atoms. The Morgan fingerprint density at radius 3 is 2.62 bits per heavy atom. The van der Waals surface area contributed by atoms with Gasteiger partial charge in [0.15, 0.2) is 4.80 Å². The van der Waals surface area contributed by atoms with Gasteiger partial charge in [-0.3, -0.25) is 9.59 Å². The minimum atomic E-state index is -0.354. The molecular formula is C22H24N2O4S. The maximum absolute atomic E-state index is 12.4. The van der Waals surface area contributed by atoms with E-state index in [2.05, 4.69) is 18.0 Å². The molecule has 1 heterocycles. The Labute approximate surface area is 173 Å². The molecule has 0 aliphatic heterocycles. The Morgan fingerprint density at radius 1 is 1.10 bits per heavy atom. The fraction of sp³-hybridized carbons (Fsp3) is 0.318. The summed E-state index contributed by atoms with van der Waals surface area (Å²) >= 11 is 1.40. The quantitative estimate of drug-likeness (QED) is 0.529. The van der Waals surface area contributed by atoms with Gasteiger partial charge in [0.05, 0.1) is 29.9 Å². The third-order valence-electron chi connectivity index (χ3n) is 4.30. The lowest BCUT2D eigenvalue weighted by molar-refractivity contribution is -0.143. The Bertz CT molecular complexity index is 1050. The van der Waals surface area contributed by atoms with Crippen LogP contribution in [0.25, 0.3) is 10.2 Å². The van der Waals surface area contributed by atoms with Crippen molar-refractivity contribution in [2.45, 2.75) is 33.2 Å². The van der Waals surface area contributed by atoms with Gasteiger partial charge in [-0.25, -0.2) is 0 Å². The minimum Gasteiger partial charge on any atom is -0.493 e. The summed E-state index contributed by atoms with van der Waals surface area (Å²) in [6, 6.07) is 15.4. The number of thiazole rings is 1. The van der Waals surface area contributed by atoms with E-state index < -0.39 is 0 Å². The predicted octanol–water partition coefficient (Wildman–Crippen LogP) is 3.72. The molecule has 6 nitrogen and oxygen atoms in total. The topological polar surface area (TPSA) is 69.9 Å². The molecule has 0 aliphatic carbocycles. The van der Waals surface area contributed by atoms with Gasteiger partial charge in [-0.05, 0) is 43.2 Å². The molecule has 2 aromatic carbocycles. The van der Waals surface area contributed by atoms with E-state index in [1.165, 1.54) is 16.9 Å². The number of aryl methyl sites for hydroxylation is 1. The Balaban J connectivity index is 1.83. The van der Waals surface area contributed by atoms with E-state index >= 15 is 0 Å². The van der Waals surface area contributed by atoms with E-state index in [0.717, 1.165) is 16.6 Å². The summed E-state index contributed by atoms with van der Waals surface area (Å²) in [5.41, 5.74) is 2.06. The molecule has 29 heavy (non-hydrogen) atoms. The summed E-state index contributed by atoms with van der Waals surface area (Å²) in [7, 11) is 0. The van der Waals surface area contributed by atoms with Crippen molar-refractivity contribution in [3.63, 3.8) is 0 Å². The first-order chi connectivity index (χ1) is 14.1. The number of hydrogen-bond acceptors (Lipinski definition) is 5. The third-order valence-corrected chi connectivity index (χ3v) is 5.34. The molecule has 0 fully saturated rings. The highest BCUT2D eigenvalue weighted by Gasteiger charge is 2.12. The number of fused-ring (bicyclic) bond motifs is 1. The molecule has 3 aromatic rings. The van der Waals surface area contributed by atoms with Crippen molar-refractivity contribution < 1.29 is 19.1 Å². The van der Waals surface area contributed by atoms with E-state index in [4.69, 9.17) is 9.47 Å². The van der Waals surface area contributed by atoms with Gasteiger partial charge in [-0.1, -0.05) is 42.5 Å². The number of esters is 1. The van der Waals surface area contributed by atoms with Crippen molar-refractivity contribution in [1.82, 2.24) is 4.57 Å². The molecule has 152 valence electrons. The molecule has 0 unspecified atom stereocenters. The number of carbonyl (C=O) groups is 2. The number of ether oxygens (including phenoxy) is 2. The average molecular weight is 413 g/mol. The number of amides is 1. The summed E-state index contributed by atoms with van der Waals surface area (Å²) in [5.74, 6) is 0.0699. The van der Waals surface area contributed by atoms with E-state index in [1.807, 2.05) is 42.5 Å². The van der Waals surface area contributed by atoms with Crippen LogP contribution in [-0.4, -0.2) is 29.7 Å². The second-order valence-corrected chi connectivity index (χ2v) is 7.36. The predicted molar refractivity (Wildman–Crippen MR) is 113 cm³/mol. The van der Waals surface area contributed by atoms with Crippen LogP contribution in [0.1, 0.15) is 25.8 Å². The van der Waals surface area contributed by atoms with Crippen LogP contribution >= 0.6 is 11.3 Å². The van der Waals surface area contributed by atoms with Gasteiger partial charge in [-0.2, -0.15) is 4.99 Å². The lowest BCUT2D eigenvalue weighted by Crippen LogP contribution is -2.23. The average Bonchev–Trinajstić information content (AvgIpc) is 3.05. The highest BCUT2D eigenvalue weighted by Crippen LogP contribution is 2.20. The molecule has 0 radical (unpaired) electrons. The number of aromatic nitrogens is 1. The van der Waals surface area contributed by atoms with Crippen LogP contribution in [-0.2, 0) is 27.3 Å². The molecule has 0 aliphatic rings. The molecular weight excluding hydrogens is 388 g/mol. The first-order valence-electron chi connectivity index (χ1n) is 9.64. The van der Waals surface area contributed by atoms with Crippen LogP contribution < -0.4 is 9.54 Å². The summed E-state index contributed by atoms with van der Waals surface area (Å²) < 4.78 is 13.4. The van der Waals surface area contributed by atoms with Gasteiger partial charge in [0.25, 0.3) is 5.91 Å². The van der Waals surface area contributed by atoms with Crippen molar-refractivity contribution >= 4 is 33.4 Å². The minimum absolute atomic E-state index is 0.0198. The lowest BCUT2D eigenvalue weighted by atomic mass is 10.2. The number of nitrogens with zero attached hydrogens (tertiary/aromatic N) is 2. The highest BCUT2D eigenvalue weighted by molar-refractivity contribution is 7.16. The lowest BCUT2D eigenvalue weighted by Gasteiger charge is -2.06. The maximum Gasteiger partial charge on any atom is 0.326 e. The Morgan fingerprint density at radius 2 is 1.90 bits per heavy atom. The number of rotatable bonds is 8. The fourth-order valence-electron chi connectivity index (χ4n) is 2.85. The molecule has 7 heteroatoms. The second-order valence-electron chi connectivity index (χ2n) is 6.35. The van der Waals surface area contributed by atoms with Crippen LogP contribution in [0.5, 0.6) is 5.75 Å². The number of benzene rings is 2. The van der Waals surface area contributed by atoms with E-state index in [-0.39, 0.29) is 31.4 Å². The monoisotopic (exact) mass is 412 g/mol. The van der Waals surface area contributed by atoms with Crippen LogP contribution in [0.3, 0.4) is 0 Å². The summed E-state index contributed by atoms with van der Waals surface area (Å²) in [4.78, 5) is 29.2. The molecule has 0 saturated carbocycles. The SMILES string of the molecule is CCOC(=O)Cn1c(=NC(=O)CCOc2ccccc2)sc2cc(CC)ccc21. The zero-order chi connectivity index (χ0) is 20.6. The summed E-state index contributed by atoms with van der Waals surface area (Å²) in [6.45, 7) is 4.43. The van der Waals surface area contributed by atoms with Gasteiger partial charge in [0.1, 0.15) is 12.3 Å². The van der Waals surface area contributed by atoms with Crippen molar-refractivity contribution in [3.05, 3.63) is 58.9 Å². The van der Waals surface area contributed by atoms with E-state index in [1.54, 1.807) is 11.5 Å².